The molecule has 10 nitrogen and oxygen atoms in total. The number of aromatic nitrogens is 4. The predicted molar refractivity (Wildman–Crippen MR) is 148 cm³/mol. The molecule has 0 spiro atoms. The molecule has 0 unspecified atom stereocenters. The molecule has 0 bridgehead atoms. The maximum atomic E-state index is 12.5. The van der Waals surface area contributed by atoms with Gasteiger partial charge in [-0.3, -0.25) is 4.79 Å². The van der Waals surface area contributed by atoms with Crippen LogP contribution in [0.3, 0.4) is 0 Å². The molecule has 4 aromatic rings. The monoisotopic (exact) mass is 547 g/mol. The lowest BCUT2D eigenvalue weighted by atomic mass is 10.1. The zero-order chi connectivity index (χ0) is 27.5. The molecular weight excluding hydrogens is 516 g/mol. The first-order chi connectivity index (χ1) is 19.0. The van der Waals surface area contributed by atoms with E-state index in [0.717, 1.165) is 52.3 Å². The lowest BCUT2D eigenvalue weighted by Gasteiger charge is -2.07. The number of phenolic OH excluding ortho intramolecular Hbond substituents is 1. The van der Waals surface area contributed by atoms with Crippen molar-refractivity contribution in [3.05, 3.63) is 87.4 Å². The van der Waals surface area contributed by atoms with Crippen LogP contribution in [-0.2, 0) is 30.5 Å². The average molecular weight is 548 g/mol. The van der Waals surface area contributed by atoms with Gasteiger partial charge in [0.05, 0.1) is 23.8 Å². The average Bonchev–Trinajstić information content (AvgIpc) is 3.42. The summed E-state index contributed by atoms with van der Waals surface area (Å²) in [4.78, 5) is 24.7. The number of anilines is 1. The van der Waals surface area contributed by atoms with Crippen LogP contribution in [-0.4, -0.2) is 49.3 Å². The SMILES string of the molecule is CCOc1cc(CC[N+](=O)c2nnc(CCCCc3ccc(NC(=O)Cc4ccccc4)nn3)s2)ccc1O. The van der Waals surface area contributed by atoms with Crippen LogP contribution in [0.15, 0.2) is 60.7 Å². The largest absolute Gasteiger partial charge is 0.504 e. The van der Waals surface area contributed by atoms with E-state index in [-0.39, 0.29) is 24.6 Å². The minimum absolute atomic E-state index is 0.0837. The molecule has 202 valence electrons. The molecule has 2 aromatic heterocycles. The number of hydrogen-bond acceptors (Lipinski definition) is 9. The number of rotatable bonds is 14. The van der Waals surface area contributed by atoms with Crippen LogP contribution in [0.25, 0.3) is 0 Å². The molecule has 1 amide bonds. The van der Waals surface area contributed by atoms with Gasteiger partial charge in [0.1, 0.15) is 11.6 Å². The van der Waals surface area contributed by atoms with Crippen molar-refractivity contribution in [3.8, 4) is 11.5 Å². The van der Waals surface area contributed by atoms with E-state index >= 15 is 0 Å². The van der Waals surface area contributed by atoms with Gasteiger partial charge in [0, 0.05) is 12.8 Å². The Morgan fingerprint density at radius 3 is 2.54 bits per heavy atom. The first-order valence-corrected chi connectivity index (χ1v) is 13.7. The molecule has 0 aliphatic rings. The number of ether oxygens (including phenoxy) is 1. The number of nitroso groups, excluding NO2 is 1. The topological polar surface area (TPSA) is 130 Å². The second-order valence-corrected chi connectivity index (χ2v) is 9.93. The quantitative estimate of drug-likeness (QED) is 0.170. The van der Waals surface area contributed by atoms with E-state index in [9.17, 15) is 14.8 Å². The van der Waals surface area contributed by atoms with E-state index in [1.807, 2.05) is 43.3 Å². The Labute approximate surface area is 230 Å². The molecule has 0 atom stereocenters. The van der Waals surface area contributed by atoms with Crippen molar-refractivity contribution in [1.29, 1.82) is 0 Å². The molecule has 4 rings (SSSR count). The predicted octanol–water partition coefficient (Wildman–Crippen LogP) is 4.83. The summed E-state index contributed by atoms with van der Waals surface area (Å²) in [6, 6.07) is 18.3. The molecule has 0 aliphatic heterocycles. The second kappa shape index (κ2) is 14.1. The fourth-order valence-corrected chi connectivity index (χ4v) is 4.68. The lowest BCUT2D eigenvalue weighted by Crippen LogP contribution is -2.15. The number of hydrogen-bond donors (Lipinski definition) is 2. The number of nitrogens with one attached hydrogen (secondary N) is 1. The summed E-state index contributed by atoms with van der Waals surface area (Å²) in [5.41, 5.74) is 2.68. The van der Waals surface area contributed by atoms with Gasteiger partial charge in [0.2, 0.25) is 5.91 Å². The van der Waals surface area contributed by atoms with Gasteiger partial charge in [-0.1, -0.05) is 41.3 Å². The van der Waals surface area contributed by atoms with Crippen molar-refractivity contribution in [3.63, 3.8) is 0 Å². The Kier molecular flexibility index (Phi) is 10.0. The number of unbranched alkanes of at least 4 members (excludes halogenated alkanes) is 1. The lowest BCUT2D eigenvalue weighted by molar-refractivity contribution is -0.462. The van der Waals surface area contributed by atoms with Crippen molar-refractivity contribution in [1.82, 2.24) is 20.4 Å². The number of phenols is 1. The number of aryl methyl sites for hydroxylation is 2. The van der Waals surface area contributed by atoms with Crippen LogP contribution in [0.4, 0.5) is 10.9 Å². The van der Waals surface area contributed by atoms with Gasteiger partial charge in [-0.25, -0.2) is 0 Å². The Bertz CT molecular complexity index is 1380. The summed E-state index contributed by atoms with van der Waals surface area (Å²) in [5, 5.41) is 30.3. The Morgan fingerprint density at radius 1 is 0.949 bits per heavy atom. The molecule has 0 saturated carbocycles. The summed E-state index contributed by atoms with van der Waals surface area (Å²) in [7, 11) is 0. The summed E-state index contributed by atoms with van der Waals surface area (Å²) in [6.45, 7) is 2.53. The zero-order valence-corrected chi connectivity index (χ0v) is 22.6. The normalized spacial score (nSPS) is 10.8. The number of nitrogens with zero attached hydrogens (tertiary/aromatic N) is 5. The van der Waals surface area contributed by atoms with Gasteiger partial charge in [0.15, 0.2) is 17.3 Å². The third-order valence-electron chi connectivity index (χ3n) is 5.87. The molecule has 0 saturated heterocycles. The molecule has 0 fully saturated rings. The summed E-state index contributed by atoms with van der Waals surface area (Å²) in [6.07, 6.45) is 4.01. The molecule has 39 heavy (non-hydrogen) atoms. The highest BCUT2D eigenvalue weighted by molar-refractivity contribution is 7.14. The van der Waals surface area contributed by atoms with Crippen molar-refractivity contribution in [2.24, 2.45) is 0 Å². The maximum Gasteiger partial charge on any atom is 0.447 e. The third-order valence-corrected chi connectivity index (χ3v) is 6.85. The Hall–Kier alpha value is -4.25. The van der Waals surface area contributed by atoms with Gasteiger partial charge < -0.3 is 15.2 Å². The standard InChI is InChI=1S/C28H30N6O4S/c1-2-38-24-18-21(12-14-23(24)35)16-17-34(37)28-33-32-27(39-28)11-7-6-10-22-13-15-25(31-30-22)29-26(36)19-20-8-4-3-5-9-20/h3-5,8-9,12-15,18H,2,6-7,10-11,16-17,19H2,1H3,(H-,29,31,35,36)/p+1. The number of amides is 1. The molecule has 11 heteroatoms. The van der Waals surface area contributed by atoms with E-state index in [2.05, 4.69) is 25.7 Å². The minimum atomic E-state index is -0.132. The maximum absolute atomic E-state index is 12.5. The molecule has 2 heterocycles. The number of carbonyl (C=O) groups excluding carboxylic acids is 1. The van der Waals surface area contributed by atoms with E-state index in [0.29, 0.717) is 29.7 Å². The van der Waals surface area contributed by atoms with Crippen LogP contribution >= 0.6 is 11.3 Å². The van der Waals surface area contributed by atoms with Crippen LogP contribution in [0.1, 0.15) is 41.6 Å². The summed E-state index contributed by atoms with van der Waals surface area (Å²) in [5.74, 6) is 0.800. The highest BCUT2D eigenvalue weighted by Gasteiger charge is 2.20. The smallest absolute Gasteiger partial charge is 0.447 e. The van der Waals surface area contributed by atoms with Gasteiger partial charge in [-0.2, -0.15) is 5.10 Å². The third kappa shape index (κ3) is 8.64. The summed E-state index contributed by atoms with van der Waals surface area (Å²) >= 11 is 1.30. The van der Waals surface area contributed by atoms with Crippen LogP contribution in [0.2, 0.25) is 0 Å². The second-order valence-electron chi connectivity index (χ2n) is 8.89. The molecule has 0 aliphatic carbocycles. The minimum Gasteiger partial charge on any atom is -0.504 e. The van der Waals surface area contributed by atoms with Crippen molar-refractivity contribution < 1.29 is 19.4 Å². The summed E-state index contributed by atoms with van der Waals surface area (Å²) < 4.78 is 6.25. The number of carbonyl (C=O) groups is 1. The highest BCUT2D eigenvalue weighted by atomic mass is 32.1. The zero-order valence-electron chi connectivity index (χ0n) is 21.7. The van der Waals surface area contributed by atoms with Crippen LogP contribution in [0, 0.1) is 4.91 Å². The van der Waals surface area contributed by atoms with E-state index in [1.165, 1.54) is 11.3 Å². The van der Waals surface area contributed by atoms with E-state index in [1.54, 1.807) is 24.3 Å². The first kappa shape index (κ1) is 27.8. The van der Waals surface area contributed by atoms with Crippen molar-refractivity contribution >= 4 is 28.2 Å². The van der Waals surface area contributed by atoms with E-state index in [4.69, 9.17) is 4.74 Å². The van der Waals surface area contributed by atoms with E-state index < -0.39 is 0 Å². The fourth-order valence-electron chi connectivity index (χ4n) is 3.87. The molecule has 2 aromatic carbocycles. The van der Waals surface area contributed by atoms with Gasteiger partial charge in [0.25, 0.3) is 0 Å². The van der Waals surface area contributed by atoms with Gasteiger partial charge >= 0.3 is 5.13 Å². The molecule has 0 radical (unpaired) electrons. The highest BCUT2D eigenvalue weighted by Crippen LogP contribution is 2.27. The van der Waals surface area contributed by atoms with Gasteiger partial charge in [-0.05, 0) is 82.8 Å². The van der Waals surface area contributed by atoms with Crippen LogP contribution in [0.5, 0.6) is 11.5 Å². The van der Waals surface area contributed by atoms with Crippen LogP contribution < -0.4 is 10.1 Å². The van der Waals surface area contributed by atoms with Crippen molar-refractivity contribution in [2.45, 2.75) is 45.4 Å². The number of aromatic hydroxyl groups is 1. The molecule has 2 N–H and O–H groups in total. The Balaban J connectivity index is 1.16. The number of benzene rings is 2. The van der Waals surface area contributed by atoms with Gasteiger partial charge in [-0.15, -0.1) is 5.10 Å². The fraction of sp³-hybridized carbons (Fsp3) is 0.321. The Morgan fingerprint density at radius 2 is 1.77 bits per heavy atom. The van der Waals surface area contributed by atoms with Crippen molar-refractivity contribution in [2.75, 3.05) is 18.5 Å². The first-order valence-electron chi connectivity index (χ1n) is 12.9. The molecular formula is C28H31N6O4S+.